The van der Waals surface area contributed by atoms with E-state index in [9.17, 15) is 9.59 Å². The Bertz CT molecular complexity index is 625. The van der Waals surface area contributed by atoms with Gasteiger partial charge < -0.3 is 14.2 Å². The van der Waals surface area contributed by atoms with E-state index < -0.39 is 18.0 Å². The summed E-state index contributed by atoms with van der Waals surface area (Å²) in [6, 6.07) is 4.63. The van der Waals surface area contributed by atoms with Gasteiger partial charge in [-0.25, -0.2) is 9.59 Å². The van der Waals surface area contributed by atoms with Crippen LogP contribution in [-0.4, -0.2) is 31.8 Å². The molecule has 0 aliphatic carbocycles. The molecular formula is C16H16Cl2O5. The van der Waals surface area contributed by atoms with Gasteiger partial charge in [0.05, 0.1) is 12.1 Å². The van der Waals surface area contributed by atoms with Crippen LogP contribution < -0.4 is 4.74 Å². The minimum absolute atomic E-state index is 0.285. The van der Waals surface area contributed by atoms with Crippen LogP contribution in [0, 0.1) is 0 Å². The van der Waals surface area contributed by atoms with E-state index in [-0.39, 0.29) is 11.6 Å². The number of halogens is 2. The monoisotopic (exact) mass is 358 g/mol. The van der Waals surface area contributed by atoms with Crippen LogP contribution in [0.15, 0.2) is 42.5 Å². The summed E-state index contributed by atoms with van der Waals surface area (Å²) in [7, 11) is 1.25. The summed E-state index contributed by atoms with van der Waals surface area (Å²) in [6.45, 7) is 5.01. The fourth-order valence-electron chi connectivity index (χ4n) is 1.44. The first kappa shape index (κ1) is 19.1. The maximum Gasteiger partial charge on any atom is 0.345 e. The molecule has 0 fully saturated rings. The van der Waals surface area contributed by atoms with Crippen LogP contribution in [0.4, 0.5) is 0 Å². The zero-order valence-electron chi connectivity index (χ0n) is 12.7. The molecule has 0 aliphatic rings. The van der Waals surface area contributed by atoms with Crippen molar-refractivity contribution in [1.29, 1.82) is 0 Å². The molecule has 1 unspecified atom stereocenters. The van der Waals surface area contributed by atoms with Gasteiger partial charge in [0.1, 0.15) is 11.9 Å². The van der Waals surface area contributed by atoms with Gasteiger partial charge in [0.2, 0.25) is 0 Å². The summed E-state index contributed by atoms with van der Waals surface area (Å²) in [6.07, 6.45) is 1.77. The summed E-state index contributed by atoms with van der Waals surface area (Å²) >= 11 is 11.7. The van der Waals surface area contributed by atoms with Gasteiger partial charge in [-0.1, -0.05) is 29.8 Å². The average Bonchev–Trinajstić information content (AvgIpc) is 2.49. The van der Waals surface area contributed by atoms with Gasteiger partial charge in [-0.15, -0.1) is 0 Å². The van der Waals surface area contributed by atoms with Crippen LogP contribution >= 0.6 is 23.2 Å². The average molecular weight is 359 g/mol. The smallest absolute Gasteiger partial charge is 0.345 e. The number of carbonyl (C=O) groups is 2. The first-order valence-corrected chi connectivity index (χ1v) is 7.28. The van der Waals surface area contributed by atoms with Crippen molar-refractivity contribution in [2.75, 3.05) is 13.7 Å². The lowest BCUT2D eigenvalue weighted by Crippen LogP contribution is -2.22. The Morgan fingerprint density at radius 2 is 2.04 bits per heavy atom. The molecule has 7 heteroatoms. The fraction of sp³-hybridized carbons (Fsp3) is 0.250. The Kier molecular flexibility index (Phi) is 7.65. The molecule has 0 N–H and O–H groups in total. The lowest BCUT2D eigenvalue weighted by atomic mass is 10.2. The van der Waals surface area contributed by atoms with Gasteiger partial charge in [-0.3, -0.25) is 0 Å². The molecule has 0 heterocycles. The number of carbonyl (C=O) groups excluding carboxylic acids is 2. The maximum atomic E-state index is 11.8. The maximum absolute atomic E-state index is 11.8. The lowest BCUT2D eigenvalue weighted by Gasteiger charge is -2.15. The highest BCUT2D eigenvalue weighted by Crippen LogP contribution is 2.27. The summed E-state index contributed by atoms with van der Waals surface area (Å²) < 4.78 is 14.9. The van der Waals surface area contributed by atoms with Crippen LogP contribution in [0.2, 0.25) is 10.0 Å². The van der Waals surface area contributed by atoms with Crippen LogP contribution in [0.5, 0.6) is 5.75 Å². The fourth-order valence-corrected chi connectivity index (χ4v) is 1.91. The van der Waals surface area contributed by atoms with Crippen molar-refractivity contribution in [3.8, 4) is 5.75 Å². The third kappa shape index (κ3) is 6.76. The predicted molar refractivity (Wildman–Crippen MR) is 87.8 cm³/mol. The molecule has 23 heavy (non-hydrogen) atoms. The first-order valence-electron chi connectivity index (χ1n) is 6.52. The van der Waals surface area contributed by atoms with Crippen molar-refractivity contribution in [3.63, 3.8) is 0 Å². The van der Waals surface area contributed by atoms with Crippen molar-refractivity contribution in [2.24, 2.45) is 0 Å². The van der Waals surface area contributed by atoms with Gasteiger partial charge in [0.25, 0.3) is 0 Å². The lowest BCUT2D eigenvalue weighted by molar-refractivity contribution is -0.148. The van der Waals surface area contributed by atoms with Crippen molar-refractivity contribution in [1.82, 2.24) is 0 Å². The number of esters is 2. The van der Waals surface area contributed by atoms with Gasteiger partial charge in [-0.2, -0.15) is 0 Å². The molecular weight excluding hydrogens is 343 g/mol. The second-order valence-corrected chi connectivity index (χ2v) is 5.35. The molecule has 1 aromatic rings. The van der Waals surface area contributed by atoms with E-state index in [2.05, 4.69) is 11.3 Å². The van der Waals surface area contributed by atoms with Crippen molar-refractivity contribution < 1.29 is 23.8 Å². The Labute approximate surface area is 144 Å². The second kappa shape index (κ2) is 9.22. The highest BCUT2D eigenvalue weighted by Gasteiger charge is 2.14. The normalized spacial score (nSPS) is 11.8. The molecule has 0 amide bonds. The Morgan fingerprint density at radius 3 is 2.61 bits per heavy atom. The third-order valence-electron chi connectivity index (χ3n) is 2.59. The van der Waals surface area contributed by atoms with Gasteiger partial charge in [0.15, 0.2) is 6.61 Å². The minimum atomic E-state index is -0.758. The summed E-state index contributed by atoms with van der Waals surface area (Å²) in [5.74, 6) is -0.889. The molecule has 1 rings (SSSR count). The quantitative estimate of drug-likeness (QED) is 0.423. The SMILES string of the molecule is C=C(C)C(/C=C/C(=O)OC)OC(=O)COc1ccc(Cl)cc1Cl. The Hall–Kier alpha value is -1.98. The van der Waals surface area contributed by atoms with Crippen LogP contribution in [0.3, 0.4) is 0 Å². The molecule has 0 radical (unpaired) electrons. The highest BCUT2D eigenvalue weighted by molar-refractivity contribution is 6.35. The highest BCUT2D eigenvalue weighted by atomic mass is 35.5. The number of benzene rings is 1. The molecule has 0 spiro atoms. The first-order chi connectivity index (χ1) is 10.8. The number of rotatable bonds is 7. The summed E-state index contributed by atoms with van der Waals surface area (Å²) in [4.78, 5) is 22.9. The molecule has 0 saturated carbocycles. The van der Waals surface area contributed by atoms with Gasteiger partial charge in [-0.05, 0) is 36.8 Å². The van der Waals surface area contributed by atoms with Gasteiger partial charge >= 0.3 is 11.9 Å². The molecule has 0 saturated heterocycles. The number of hydrogen-bond donors (Lipinski definition) is 0. The Morgan fingerprint density at radius 1 is 1.35 bits per heavy atom. The zero-order valence-corrected chi connectivity index (χ0v) is 14.2. The van der Waals surface area contributed by atoms with E-state index in [1.54, 1.807) is 19.1 Å². The summed E-state index contributed by atoms with van der Waals surface area (Å²) in [5.41, 5.74) is 0.544. The van der Waals surface area contributed by atoms with E-state index in [0.29, 0.717) is 16.3 Å². The van der Waals surface area contributed by atoms with E-state index in [1.165, 1.54) is 19.3 Å². The predicted octanol–water partition coefficient (Wildman–Crippen LogP) is 3.59. The van der Waals surface area contributed by atoms with E-state index in [1.807, 2.05) is 0 Å². The molecule has 0 aliphatic heterocycles. The second-order valence-electron chi connectivity index (χ2n) is 4.50. The molecule has 1 aromatic carbocycles. The Balaban J connectivity index is 2.60. The van der Waals surface area contributed by atoms with E-state index in [0.717, 1.165) is 6.08 Å². The molecule has 0 aromatic heterocycles. The molecule has 5 nitrogen and oxygen atoms in total. The topological polar surface area (TPSA) is 61.8 Å². The zero-order chi connectivity index (χ0) is 17.4. The van der Waals surface area contributed by atoms with Crippen molar-refractivity contribution >= 4 is 35.1 Å². The standard InChI is InChI=1S/C16H16Cl2O5/c1-10(2)13(6-7-15(19)21-3)23-16(20)9-22-14-5-4-11(17)8-12(14)18/h4-8,13H,1,9H2,2-3H3/b7-6+. The number of methoxy groups -OCH3 is 1. The van der Waals surface area contributed by atoms with Crippen molar-refractivity contribution in [3.05, 3.63) is 52.5 Å². The number of ether oxygens (including phenoxy) is 3. The van der Waals surface area contributed by atoms with Crippen LogP contribution in [-0.2, 0) is 19.1 Å². The molecule has 0 bridgehead atoms. The summed E-state index contributed by atoms with van der Waals surface area (Å²) in [5, 5.41) is 0.743. The van der Waals surface area contributed by atoms with Crippen LogP contribution in [0.1, 0.15) is 6.92 Å². The van der Waals surface area contributed by atoms with Crippen LogP contribution in [0.25, 0.3) is 0 Å². The van der Waals surface area contributed by atoms with E-state index >= 15 is 0 Å². The minimum Gasteiger partial charge on any atom is -0.480 e. The van der Waals surface area contributed by atoms with Gasteiger partial charge in [0, 0.05) is 11.1 Å². The number of hydrogen-bond acceptors (Lipinski definition) is 5. The largest absolute Gasteiger partial charge is 0.480 e. The molecule has 1 atom stereocenters. The van der Waals surface area contributed by atoms with Crippen molar-refractivity contribution in [2.45, 2.75) is 13.0 Å². The van der Waals surface area contributed by atoms with E-state index in [4.69, 9.17) is 32.7 Å². The molecule has 124 valence electrons. The third-order valence-corrected chi connectivity index (χ3v) is 3.12.